The fourth-order valence-electron chi connectivity index (χ4n) is 2.41. The summed E-state index contributed by atoms with van der Waals surface area (Å²) in [6, 6.07) is 5.29. The number of esters is 1. The molecule has 20 heavy (non-hydrogen) atoms. The number of rotatable bonds is 3. The maximum absolute atomic E-state index is 12.1. The van der Waals surface area contributed by atoms with Gasteiger partial charge in [-0.3, -0.25) is 4.79 Å². The van der Waals surface area contributed by atoms with E-state index in [9.17, 15) is 14.7 Å². The second-order valence-corrected chi connectivity index (χ2v) is 4.75. The monoisotopic (exact) mass is 278 g/mol. The molecule has 0 bridgehead atoms. The van der Waals surface area contributed by atoms with Crippen LogP contribution >= 0.6 is 0 Å². The van der Waals surface area contributed by atoms with Crippen LogP contribution < -0.4 is 10.6 Å². The highest BCUT2D eigenvalue weighted by Crippen LogP contribution is 2.29. The number of carbonyl (C=O) groups is 2. The van der Waals surface area contributed by atoms with Gasteiger partial charge in [0.1, 0.15) is 11.7 Å². The molecule has 2 amide bonds. The molecule has 6 nitrogen and oxygen atoms in total. The van der Waals surface area contributed by atoms with Crippen molar-refractivity contribution in [2.24, 2.45) is 5.92 Å². The number of phenols is 1. The number of hydrogen-bond donors (Lipinski definition) is 3. The third-order valence-corrected chi connectivity index (χ3v) is 3.35. The Labute approximate surface area is 117 Å². The fourth-order valence-corrected chi connectivity index (χ4v) is 2.41. The second kappa shape index (κ2) is 5.81. The number of carbonyl (C=O) groups excluding carboxylic acids is 2. The minimum absolute atomic E-state index is 0.134. The first-order valence-corrected chi connectivity index (χ1v) is 6.55. The summed E-state index contributed by atoms with van der Waals surface area (Å²) in [5, 5.41) is 14.7. The zero-order chi connectivity index (χ0) is 14.7. The number of phenolic OH excluding ortho intramolecular Hbond substituents is 1. The predicted molar refractivity (Wildman–Crippen MR) is 72.1 cm³/mol. The van der Waals surface area contributed by atoms with Crippen LogP contribution in [0.2, 0.25) is 0 Å². The molecule has 3 unspecified atom stereocenters. The van der Waals surface area contributed by atoms with Crippen molar-refractivity contribution in [1.29, 1.82) is 0 Å². The molecule has 1 saturated heterocycles. The molecule has 3 N–H and O–H groups in total. The predicted octanol–water partition coefficient (Wildman–Crippen LogP) is 1.31. The quantitative estimate of drug-likeness (QED) is 0.727. The highest BCUT2D eigenvalue weighted by atomic mass is 16.5. The van der Waals surface area contributed by atoms with Crippen LogP contribution in [0.15, 0.2) is 24.3 Å². The molecule has 0 saturated carbocycles. The van der Waals surface area contributed by atoms with E-state index in [2.05, 4.69) is 10.6 Å². The van der Waals surface area contributed by atoms with Crippen LogP contribution in [0.5, 0.6) is 5.75 Å². The summed E-state index contributed by atoms with van der Waals surface area (Å²) in [5.41, 5.74) is 0.752. The van der Waals surface area contributed by atoms with Crippen LogP contribution in [-0.4, -0.2) is 29.8 Å². The smallest absolute Gasteiger partial charge is 0.315 e. The molecule has 1 fully saturated rings. The number of aromatic hydroxyl groups is 1. The molecular weight excluding hydrogens is 260 g/mol. The van der Waals surface area contributed by atoms with Gasteiger partial charge in [0.25, 0.3) is 0 Å². The molecule has 0 aromatic heterocycles. The van der Waals surface area contributed by atoms with E-state index >= 15 is 0 Å². The Morgan fingerprint density at radius 3 is 2.55 bits per heavy atom. The van der Waals surface area contributed by atoms with Crippen molar-refractivity contribution in [1.82, 2.24) is 10.6 Å². The largest absolute Gasteiger partial charge is 0.508 e. The van der Waals surface area contributed by atoms with Gasteiger partial charge in [-0.05, 0) is 31.5 Å². The Morgan fingerprint density at radius 1 is 1.30 bits per heavy atom. The van der Waals surface area contributed by atoms with Crippen molar-refractivity contribution in [3.8, 4) is 5.75 Å². The number of amides is 2. The molecule has 2 rings (SSSR count). The van der Waals surface area contributed by atoms with Crippen LogP contribution in [0.1, 0.15) is 25.5 Å². The lowest BCUT2D eigenvalue weighted by Crippen LogP contribution is -2.57. The Morgan fingerprint density at radius 2 is 1.95 bits per heavy atom. The first kappa shape index (κ1) is 14.2. The van der Waals surface area contributed by atoms with E-state index in [0.717, 1.165) is 5.56 Å². The molecular formula is C14H18N2O4. The van der Waals surface area contributed by atoms with Crippen LogP contribution in [0.4, 0.5) is 4.79 Å². The van der Waals surface area contributed by atoms with Crippen molar-refractivity contribution in [3.63, 3.8) is 0 Å². The summed E-state index contributed by atoms with van der Waals surface area (Å²) in [6.07, 6.45) is 0. The van der Waals surface area contributed by atoms with Crippen molar-refractivity contribution in [3.05, 3.63) is 29.8 Å². The van der Waals surface area contributed by atoms with E-state index in [1.54, 1.807) is 26.0 Å². The van der Waals surface area contributed by atoms with E-state index in [0.29, 0.717) is 0 Å². The molecule has 1 aromatic carbocycles. The Balaban J connectivity index is 2.31. The molecule has 0 spiro atoms. The molecule has 0 radical (unpaired) electrons. The highest BCUT2D eigenvalue weighted by Gasteiger charge is 2.40. The van der Waals surface area contributed by atoms with E-state index in [-0.39, 0.29) is 30.4 Å². The van der Waals surface area contributed by atoms with Crippen molar-refractivity contribution >= 4 is 12.0 Å². The van der Waals surface area contributed by atoms with Gasteiger partial charge in [0.05, 0.1) is 12.6 Å². The Hall–Kier alpha value is -2.24. The van der Waals surface area contributed by atoms with E-state index < -0.39 is 12.0 Å². The first-order chi connectivity index (χ1) is 9.52. The number of urea groups is 1. The molecule has 6 heteroatoms. The van der Waals surface area contributed by atoms with Crippen molar-refractivity contribution < 1.29 is 19.4 Å². The second-order valence-electron chi connectivity index (χ2n) is 4.75. The molecule has 3 atom stereocenters. The van der Waals surface area contributed by atoms with Crippen LogP contribution in [0.25, 0.3) is 0 Å². The summed E-state index contributed by atoms with van der Waals surface area (Å²) in [5.74, 6) is -0.738. The SMILES string of the molecule is CCOC(=O)C1C(C)NC(=O)NC1c1ccc(O)cc1. The van der Waals surface area contributed by atoms with Gasteiger partial charge in [-0.2, -0.15) is 0 Å². The van der Waals surface area contributed by atoms with Gasteiger partial charge in [-0.15, -0.1) is 0 Å². The molecule has 1 aromatic rings. The zero-order valence-corrected chi connectivity index (χ0v) is 11.4. The van der Waals surface area contributed by atoms with Crippen molar-refractivity contribution in [2.75, 3.05) is 6.61 Å². The van der Waals surface area contributed by atoms with Gasteiger partial charge < -0.3 is 20.5 Å². The van der Waals surface area contributed by atoms with Crippen LogP contribution in [0.3, 0.4) is 0 Å². The number of nitrogens with one attached hydrogen (secondary N) is 2. The lowest BCUT2D eigenvalue weighted by Gasteiger charge is -2.36. The average Bonchev–Trinajstić information content (AvgIpc) is 2.38. The summed E-state index contributed by atoms with van der Waals surface area (Å²) in [6.45, 7) is 3.80. The van der Waals surface area contributed by atoms with Gasteiger partial charge in [0.15, 0.2) is 0 Å². The minimum atomic E-state index is -0.516. The van der Waals surface area contributed by atoms with E-state index in [4.69, 9.17) is 4.74 Å². The average molecular weight is 278 g/mol. The van der Waals surface area contributed by atoms with Gasteiger partial charge in [-0.1, -0.05) is 12.1 Å². The van der Waals surface area contributed by atoms with Crippen LogP contribution in [0, 0.1) is 5.92 Å². The molecule has 0 aliphatic carbocycles. The normalized spacial score (nSPS) is 25.5. The third kappa shape index (κ3) is 2.84. The lowest BCUT2D eigenvalue weighted by atomic mass is 9.86. The maximum atomic E-state index is 12.1. The zero-order valence-electron chi connectivity index (χ0n) is 11.4. The van der Waals surface area contributed by atoms with E-state index in [1.165, 1.54) is 12.1 Å². The minimum Gasteiger partial charge on any atom is -0.508 e. The lowest BCUT2D eigenvalue weighted by molar-refractivity contribution is -0.150. The molecule has 1 aliphatic rings. The standard InChI is InChI=1S/C14H18N2O4/c1-3-20-13(18)11-8(2)15-14(19)16-12(11)9-4-6-10(17)7-5-9/h4-8,11-12,17H,3H2,1-2H3,(H2,15,16,19). The fraction of sp³-hybridized carbons (Fsp3) is 0.429. The number of hydrogen-bond acceptors (Lipinski definition) is 4. The molecule has 1 aliphatic heterocycles. The summed E-state index contributed by atoms with van der Waals surface area (Å²) >= 11 is 0. The topological polar surface area (TPSA) is 87.7 Å². The Bertz CT molecular complexity index is 500. The summed E-state index contributed by atoms with van der Waals surface area (Å²) in [4.78, 5) is 23.7. The van der Waals surface area contributed by atoms with Crippen LogP contribution in [-0.2, 0) is 9.53 Å². The molecule has 108 valence electrons. The van der Waals surface area contributed by atoms with Crippen molar-refractivity contribution in [2.45, 2.75) is 25.9 Å². The van der Waals surface area contributed by atoms with Gasteiger partial charge in [-0.25, -0.2) is 4.79 Å². The van der Waals surface area contributed by atoms with E-state index in [1.807, 2.05) is 0 Å². The first-order valence-electron chi connectivity index (χ1n) is 6.55. The molecule has 1 heterocycles. The van der Waals surface area contributed by atoms with Gasteiger partial charge in [0.2, 0.25) is 0 Å². The number of ether oxygens (including phenoxy) is 1. The third-order valence-electron chi connectivity index (χ3n) is 3.35. The number of benzene rings is 1. The summed E-state index contributed by atoms with van der Waals surface area (Å²) < 4.78 is 5.08. The van der Waals surface area contributed by atoms with Gasteiger partial charge in [0, 0.05) is 6.04 Å². The van der Waals surface area contributed by atoms with Gasteiger partial charge >= 0.3 is 12.0 Å². The maximum Gasteiger partial charge on any atom is 0.315 e. The highest BCUT2D eigenvalue weighted by molar-refractivity contribution is 5.82. The Kier molecular flexibility index (Phi) is 4.12. The summed E-state index contributed by atoms with van der Waals surface area (Å²) in [7, 11) is 0.